The predicted octanol–water partition coefficient (Wildman–Crippen LogP) is 2.25. The van der Waals surface area contributed by atoms with Gasteiger partial charge in [0.1, 0.15) is 11.6 Å². The number of imidazole rings is 1. The number of hydrogen-bond acceptors (Lipinski definition) is 2. The number of carbonyl (C=O) groups is 1. The first kappa shape index (κ1) is 13.8. The molecule has 5 heteroatoms. The zero-order valence-corrected chi connectivity index (χ0v) is 12.2. The highest BCUT2D eigenvalue weighted by Gasteiger charge is 2.52. The molecule has 2 aromatic rings. The van der Waals surface area contributed by atoms with Crippen LogP contribution in [0.5, 0.6) is 0 Å². The molecule has 1 saturated carbocycles. The third-order valence-corrected chi connectivity index (χ3v) is 4.20. The molecule has 0 spiro atoms. The zero-order valence-electron chi connectivity index (χ0n) is 12.2. The molecule has 1 amide bonds. The van der Waals surface area contributed by atoms with E-state index in [9.17, 15) is 9.18 Å². The Balaban J connectivity index is 1.78. The van der Waals surface area contributed by atoms with Crippen LogP contribution in [-0.2, 0) is 23.8 Å². The van der Waals surface area contributed by atoms with Gasteiger partial charge in [-0.25, -0.2) is 9.37 Å². The highest BCUT2D eigenvalue weighted by atomic mass is 19.1. The summed E-state index contributed by atoms with van der Waals surface area (Å²) in [4.78, 5) is 18.7. The summed E-state index contributed by atoms with van der Waals surface area (Å²) in [6, 6.07) is 6.27. The van der Waals surface area contributed by atoms with E-state index in [0.29, 0.717) is 6.54 Å². The Hall–Kier alpha value is -2.17. The van der Waals surface area contributed by atoms with Crippen LogP contribution in [0.4, 0.5) is 4.39 Å². The SMILES string of the molecule is CN(Cc1nccn1C)C(=O)C1(c2ccc(F)cc2)CC1. The lowest BCUT2D eigenvalue weighted by molar-refractivity contribution is -0.133. The molecule has 0 saturated heterocycles. The number of carbonyl (C=O) groups excluding carboxylic acids is 1. The third-order valence-electron chi connectivity index (χ3n) is 4.20. The zero-order chi connectivity index (χ0) is 15.0. The van der Waals surface area contributed by atoms with Crippen molar-refractivity contribution in [2.75, 3.05) is 7.05 Å². The normalized spacial score (nSPS) is 15.8. The minimum atomic E-state index is -0.465. The van der Waals surface area contributed by atoms with E-state index in [-0.39, 0.29) is 11.7 Å². The fourth-order valence-electron chi connectivity index (χ4n) is 2.72. The van der Waals surface area contributed by atoms with Crippen molar-refractivity contribution in [3.8, 4) is 0 Å². The fourth-order valence-corrected chi connectivity index (χ4v) is 2.72. The van der Waals surface area contributed by atoms with Crippen LogP contribution in [0, 0.1) is 5.82 Å². The van der Waals surface area contributed by atoms with Gasteiger partial charge in [0.2, 0.25) is 5.91 Å². The molecule has 1 aliphatic rings. The standard InChI is InChI=1S/C16H18FN3O/c1-19-10-9-18-14(19)11-20(2)15(21)16(7-8-16)12-3-5-13(17)6-4-12/h3-6,9-10H,7-8,11H2,1-2H3. The largest absolute Gasteiger partial charge is 0.338 e. The Morgan fingerprint density at radius 2 is 2.05 bits per heavy atom. The number of rotatable bonds is 4. The summed E-state index contributed by atoms with van der Waals surface area (Å²) in [5.41, 5.74) is 0.439. The summed E-state index contributed by atoms with van der Waals surface area (Å²) >= 11 is 0. The molecular formula is C16H18FN3O. The van der Waals surface area contributed by atoms with E-state index in [1.165, 1.54) is 12.1 Å². The number of halogens is 1. The minimum absolute atomic E-state index is 0.0807. The number of likely N-dealkylation sites (N-methyl/N-ethyl adjacent to an activating group) is 1. The smallest absolute Gasteiger partial charge is 0.233 e. The van der Waals surface area contributed by atoms with Gasteiger partial charge < -0.3 is 9.47 Å². The summed E-state index contributed by atoms with van der Waals surface area (Å²) in [6.07, 6.45) is 5.23. The van der Waals surface area contributed by atoms with Gasteiger partial charge >= 0.3 is 0 Å². The molecule has 0 atom stereocenters. The van der Waals surface area contributed by atoms with Gasteiger partial charge in [0.05, 0.1) is 12.0 Å². The summed E-state index contributed by atoms with van der Waals surface area (Å²) in [5, 5.41) is 0. The molecule has 0 bridgehead atoms. The Labute approximate surface area is 123 Å². The monoisotopic (exact) mass is 287 g/mol. The van der Waals surface area contributed by atoms with Gasteiger partial charge in [-0.2, -0.15) is 0 Å². The first-order chi connectivity index (χ1) is 10.0. The molecular weight excluding hydrogens is 269 g/mol. The maximum Gasteiger partial charge on any atom is 0.233 e. The van der Waals surface area contributed by atoms with Crippen LogP contribution in [0.3, 0.4) is 0 Å². The van der Waals surface area contributed by atoms with Crippen molar-refractivity contribution in [3.63, 3.8) is 0 Å². The molecule has 1 aliphatic carbocycles. The van der Waals surface area contributed by atoms with Crippen LogP contribution in [0.2, 0.25) is 0 Å². The van der Waals surface area contributed by atoms with Gasteiger partial charge in [0.15, 0.2) is 0 Å². The molecule has 0 unspecified atom stereocenters. The predicted molar refractivity (Wildman–Crippen MR) is 77.0 cm³/mol. The number of nitrogens with zero attached hydrogens (tertiary/aromatic N) is 3. The molecule has 0 N–H and O–H groups in total. The van der Waals surface area contributed by atoms with Crippen molar-refractivity contribution in [1.29, 1.82) is 0 Å². The summed E-state index contributed by atoms with van der Waals surface area (Å²) < 4.78 is 14.9. The van der Waals surface area contributed by atoms with E-state index < -0.39 is 5.41 Å². The van der Waals surface area contributed by atoms with Crippen molar-refractivity contribution < 1.29 is 9.18 Å². The topological polar surface area (TPSA) is 38.1 Å². The number of aryl methyl sites for hydroxylation is 1. The van der Waals surface area contributed by atoms with Gasteiger partial charge in [0, 0.05) is 26.5 Å². The minimum Gasteiger partial charge on any atom is -0.338 e. The van der Waals surface area contributed by atoms with Crippen molar-refractivity contribution in [3.05, 3.63) is 53.9 Å². The summed E-state index contributed by atoms with van der Waals surface area (Å²) in [5.74, 6) is 0.654. The van der Waals surface area contributed by atoms with Crippen molar-refractivity contribution in [2.45, 2.75) is 24.8 Å². The maximum atomic E-state index is 13.0. The van der Waals surface area contributed by atoms with E-state index in [0.717, 1.165) is 24.2 Å². The second kappa shape index (κ2) is 4.98. The lowest BCUT2D eigenvalue weighted by atomic mass is 9.94. The first-order valence-electron chi connectivity index (χ1n) is 7.01. The van der Waals surface area contributed by atoms with E-state index in [1.54, 1.807) is 30.3 Å². The lowest BCUT2D eigenvalue weighted by Gasteiger charge is -2.23. The molecule has 21 heavy (non-hydrogen) atoms. The lowest BCUT2D eigenvalue weighted by Crippen LogP contribution is -2.36. The van der Waals surface area contributed by atoms with E-state index in [1.807, 2.05) is 17.8 Å². The van der Waals surface area contributed by atoms with Crippen LogP contribution in [0.1, 0.15) is 24.2 Å². The fraction of sp³-hybridized carbons (Fsp3) is 0.375. The van der Waals surface area contributed by atoms with E-state index in [4.69, 9.17) is 0 Å². The van der Waals surface area contributed by atoms with Gasteiger partial charge in [-0.3, -0.25) is 4.79 Å². The third kappa shape index (κ3) is 2.44. The Morgan fingerprint density at radius 3 is 2.57 bits per heavy atom. The van der Waals surface area contributed by atoms with Gasteiger partial charge in [-0.1, -0.05) is 12.1 Å². The molecule has 0 aliphatic heterocycles. The van der Waals surface area contributed by atoms with Crippen LogP contribution in [-0.4, -0.2) is 27.4 Å². The van der Waals surface area contributed by atoms with E-state index >= 15 is 0 Å². The molecule has 4 nitrogen and oxygen atoms in total. The average Bonchev–Trinajstić information content (AvgIpc) is 3.19. The van der Waals surface area contributed by atoms with Crippen LogP contribution in [0.15, 0.2) is 36.7 Å². The van der Waals surface area contributed by atoms with Gasteiger partial charge in [-0.05, 0) is 30.5 Å². The summed E-state index contributed by atoms with van der Waals surface area (Å²) in [7, 11) is 3.70. The first-order valence-corrected chi connectivity index (χ1v) is 7.01. The quantitative estimate of drug-likeness (QED) is 0.865. The number of aromatic nitrogens is 2. The number of hydrogen-bond donors (Lipinski definition) is 0. The van der Waals surface area contributed by atoms with E-state index in [2.05, 4.69) is 4.98 Å². The Morgan fingerprint density at radius 1 is 1.38 bits per heavy atom. The Bertz CT molecular complexity index is 658. The second-order valence-electron chi connectivity index (χ2n) is 5.70. The van der Waals surface area contributed by atoms with Crippen molar-refractivity contribution in [1.82, 2.24) is 14.5 Å². The maximum absolute atomic E-state index is 13.0. The van der Waals surface area contributed by atoms with Crippen molar-refractivity contribution >= 4 is 5.91 Å². The van der Waals surface area contributed by atoms with Gasteiger partial charge in [0.25, 0.3) is 0 Å². The number of amides is 1. The van der Waals surface area contributed by atoms with Crippen molar-refractivity contribution in [2.24, 2.45) is 7.05 Å². The Kier molecular flexibility index (Phi) is 3.27. The molecule has 1 heterocycles. The van der Waals surface area contributed by atoms with Crippen LogP contribution in [0.25, 0.3) is 0 Å². The summed E-state index contributed by atoms with van der Waals surface area (Å²) in [6.45, 7) is 0.477. The molecule has 1 aromatic carbocycles. The van der Waals surface area contributed by atoms with Crippen LogP contribution < -0.4 is 0 Å². The highest BCUT2D eigenvalue weighted by molar-refractivity contribution is 5.91. The highest BCUT2D eigenvalue weighted by Crippen LogP contribution is 2.49. The molecule has 110 valence electrons. The van der Waals surface area contributed by atoms with Crippen LogP contribution >= 0.6 is 0 Å². The van der Waals surface area contributed by atoms with Gasteiger partial charge in [-0.15, -0.1) is 0 Å². The molecule has 3 rings (SSSR count). The molecule has 1 aromatic heterocycles. The molecule has 0 radical (unpaired) electrons. The molecule has 1 fully saturated rings. The second-order valence-corrected chi connectivity index (χ2v) is 5.70. The average molecular weight is 287 g/mol. The number of benzene rings is 1.